The molecular weight excluding hydrogens is 250 g/mol. The Morgan fingerprint density at radius 3 is 2.60 bits per heavy atom. The third-order valence-corrected chi connectivity index (χ3v) is 3.40. The van der Waals surface area contributed by atoms with Crippen molar-refractivity contribution >= 4 is 5.69 Å². The lowest BCUT2D eigenvalue weighted by molar-refractivity contribution is 0.410. The maximum Gasteiger partial charge on any atom is 0.120 e. The zero-order valence-corrected chi connectivity index (χ0v) is 12.3. The van der Waals surface area contributed by atoms with Gasteiger partial charge in [-0.2, -0.15) is 0 Å². The molecule has 3 nitrogen and oxygen atoms in total. The number of benzene rings is 2. The lowest BCUT2D eigenvalue weighted by Crippen LogP contribution is -2.22. The van der Waals surface area contributed by atoms with Gasteiger partial charge in [-0.15, -0.1) is 0 Å². The first kappa shape index (κ1) is 14.3. The Morgan fingerprint density at radius 1 is 1.15 bits per heavy atom. The van der Waals surface area contributed by atoms with Gasteiger partial charge in [0.05, 0.1) is 7.11 Å². The van der Waals surface area contributed by atoms with Gasteiger partial charge in [-0.25, -0.2) is 0 Å². The molecule has 20 heavy (non-hydrogen) atoms. The molecule has 0 amide bonds. The maximum atomic E-state index is 9.99. The molecule has 0 bridgehead atoms. The van der Waals surface area contributed by atoms with Crippen LogP contribution in [0.5, 0.6) is 11.5 Å². The van der Waals surface area contributed by atoms with E-state index >= 15 is 0 Å². The van der Waals surface area contributed by atoms with Crippen LogP contribution in [0.15, 0.2) is 42.5 Å². The van der Waals surface area contributed by atoms with Gasteiger partial charge in [0.15, 0.2) is 0 Å². The van der Waals surface area contributed by atoms with Gasteiger partial charge < -0.3 is 14.7 Å². The summed E-state index contributed by atoms with van der Waals surface area (Å²) in [6.07, 6.45) is 0. The summed E-state index contributed by atoms with van der Waals surface area (Å²) in [5.74, 6) is 1.06. The van der Waals surface area contributed by atoms with Gasteiger partial charge >= 0.3 is 0 Å². The number of phenolic OH excluding ortho intramolecular Hbond substituents is 1. The highest BCUT2D eigenvalue weighted by Gasteiger charge is 2.10. The largest absolute Gasteiger partial charge is 0.508 e. The van der Waals surface area contributed by atoms with Crippen LogP contribution in [0.3, 0.4) is 0 Å². The standard InChI is InChI=1S/C17H21NO2/c1-4-18(15-7-5-6-13(2)10-15)12-14-11-16(20-3)8-9-17(14)19/h5-11,19H,4,12H2,1-3H3. The highest BCUT2D eigenvalue weighted by atomic mass is 16.5. The summed E-state index contributed by atoms with van der Waals surface area (Å²) < 4.78 is 5.22. The van der Waals surface area contributed by atoms with Crippen molar-refractivity contribution in [2.45, 2.75) is 20.4 Å². The van der Waals surface area contributed by atoms with E-state index in [0.717, 1.165) is 23.5 Å². The van der Waals surface area contributed by atoms with Gasteiger partial charge in [0, 0.05) is 24.3 Å². The fourth-order valence-electron chi connectivity index (χ4n) is 2.23. The SMILES string of the molecule is CCN(Cc1cc(OC)ccc1O)c1cccc(C)c1. The van der Waals surface area contributed by atoms with Crippen molar-refractivity contribution in [3.05, 3.63) is 53.6 Å². The molecule has 0 aliphatic heterocycles. The zero-order valence-electron chi connectivity index (χ0n) is 12.3. The van der Waals surface area contributed by atoms with Crippen molar-refractivity contribution in [3.8, 4) is 11.5 Å². The molecule has 2 rings (SSSR count). The van der Waals surface area contributed by atoms with Crippen LogP contribution >= 0.6 is 0 Å². The van der Waals surface area contributed by atoms with E-state index in [2.05, 4.69) is 43.0 Å². The van der Waals surface area contributed by atoms with E-state index < -0.39 is 0 Å². The summed E-state index contributed by atoms with van der Waals surface area (Å²) in [5.41, 5.74) is 3.26. The summed E-state index contributed by atoms with van der Waals surface area (Å²) in [7, 11) is 1.63. The van der Waals surface area contributed by atoms with Crippen LogP contribution in [0.2, 0.25) is 0 Å². The molecule has 2 aromatic carbocycles. The number of aryl methyl sites for hydroxylation is 1. The molecule has 0 atom stereocenters. The fourth-order valence-corrected chi connectivity index (χ4v) is 2.23. The second-order valence-corrected chi connectivity index (χ2v) is 4.85. The van der Waals surface area contributed by atoms with Crippen LogP contribution < -0.4 is 9.64 Å². The Kier molecular flexibility index (Phi) is 4.51. The van der Waals surface area contributed by atoms with Crippen molar-refractivity contribution in [1.29, 1.82) is 0 Å². The Morgan fingerprint density at radius 2 is 1.95 bits per heavy atom. The second kappa shape index (κ2) is 6.33. The molecule has 2 aromatic rings. The number of anilines is 1. The number of phenols is 1. The lowest BCUT2D eigenvalue weighted by Gasteiger charge is -2.24. The monoisotopic (exact) mass is 271 g/mol. The molecule has 0 radical (unpaired) electrons. The molecule has 3 heteroatoms. The first-order chi connectivity index (χ1) is 9.63. The average Bonchev–Trinajstić information content (AvgIpc) is 2.46. The van der Waals surface area contributed by atoms with E-state index in [1.807, 2.05) is 6.07 Å². The van der Waals surface area contributed by atoms with Crippen molar-refractivity contribution in [3.63, 3.8) is 0 Å². The molecular formula is C17H21NO2. The van der Waals surface area contributed by atoms with Gasteiger partial charge in [-0.1, -0.05) is 12.1 Å². The van der Waals surface area contributed by atoms with E-state index in [9.17, 15) is 5.11 Å². The van der Waals surface area contributed by atoms with E-state index in [1.54, 1.807) is 19.2 Å². The maximum absolute atomic E-state index is 9.99. The molecule has 0 unspecified atom stereocenters. The van der Waals surface area contributed by atoms with Gasteiger partial charge in [0.1, 0.15) is 11.5 Å². The Balaban J connectivity index is 2.26. The molecule has 0 aliphatic carbocycles. The summed E-state index contributed by atoms with van der Waals surface area (Å²) in [6.45, 7) is 5.73. The topological polar surface area (TPSA) is 32.7 Å². The van der Waals surface area contributed by atoms with Crippen LogP contribution in [0.1, 0.15) is 18.1 Å². The van der Waals surface area contributed by atoms with Crippen LogP contribution in [0.4, 0.5) is 5.69 Å². The lowest BCUT2D eigenvalue weighted by atomic mass is 10.1. The van der Waals surface area contributed by atoms with Gasteiger partial charge in [0.2, 0.25) is 0 Å². The third kappa shape index (κ3) is 3.23. The van der Waals surface area contributed by atoms with Crippen LogP contribution in [0, 0.1) is 6.92 Å². The number of rotatable bonds is 5. The number of ether oxygens (including phenoxy) is 1. The van der Waals surface area contributed by atoms with Gasteiger partial charge in [-0.05, 0) is 49.7 Å². The first-order valence-electron chi connectivity index (χ1n) is 6.81. The highest BCUT2D eigenvalue weighted by Crippen LogP contribution is 2.26. The summed E-state index contributed by atoms with van der Waals surface area (Å²) in [4.78, 5) is 2.22. The highest BCUT2D eigenvalue weighted by molar-refractivity contribution is 5.50. The predicted octanol–water partition coefficient (Wildman–Crippen LogP) is 3.74. The minimum absolute atomic E-state index is 0.303. The number of hydrogen-bond acceptors (Lipinski definition) is 3. The number of hydrogen-bond donors (Lipinski definition) is 1. The molecule has 106 valence electrons. The Hall–Kier alpha value is -2.16. The van der Waals surface area contributed by atoms with E-state index in [-0.39, 0.29) is 0 Å². The van der Waals surface area contributed by atoms with Crippen molar-refractivity contribution in [2.75, 3.05) is 18.6 Å². The fraction of sp³-hybridized carbons (Fsp3) is 0.294. The van der Waals surface area contributed by atoms with Crippen LogP contribution in [0.25, 0.3) is 0 Å². The summed E-state index contributed by atoms with van der Waals surface area (Å²) in [5, 5.41) is 9.99. The van der Waals surface area contributed by atoms with Gasteiger partial charge in [0.25, 0.3) is 0 Å². The van der Waals surface area contributed by atoms with Crippen LogP contribution in [-0.4, -0.2) is 18.8 Å². The normalized spacial score (nSPS) is 10.3. The molecule has 0 saturated carbocycles. The first-order valence-corrected chi connectivity index (χ1v) is 6.81. The second-order valence-electron chi connectivity index (χ2n) is 4.85. The average molecular weight is 271 g/mol. The van der Waals surface area contributed by atoms with Crippen molar-refractivity contribution in [1.82, 2.24) is 0 Å². The number of methoxy groups -OCH3 is 1. The van der Waals surface area contributed by atoms with Gasteiger partial charge in [-0.3, -0.25) is 0 Å². The quantitative estimate of drug-likeness (QED) is 0.899. The minimum Gasteiger partial charge on any atom is -0.508 e. The predicted molar refractivity (Wildman–Crippen MR) is 82.6 cm³/mol. The number of nitrogens with zero attached hydrogens (tertiary/aromatic N) is 1. The smallest absolute Gasteiger partial charge is 0.120 e. The van der Waals surface area contributed by atoms with E-state index in [0.29, 0.717) is 12.3 Å². The molecule has 0 aliphatic rings. The Labute approximate surface area is 120 Å². The molecule has 0 aromatic heterocycles. The summed E-state index contributed by atoms with van der Waals surface area (Å²) >= 11 is 0. The molecule has 0 heterocycles. The third-order valence-electron chi connectivity index (χ3n) is 3.40. The Bertz CT molecular complexity index is 581. The minimum atomic E-state index is 0.303. The molecule has 0 spiro atoms. The molecule has 0 fully saturated rings. The number of aromatic hydroxyl groups is 1. The molecule has 1 N–H and O–H groups in total. The van der Waals surface area contributed by atoms with Crippen molar-refractivity contribution in [2.24, 2.45) is 0 Å². The van der Waals surface area contributed by atoms with Crippen LogP contribution in [-0.2, 0) is 6.54 Å². The zero-order chi connectivity index (χ0) is 14.5. The van der Waals surface area contributed by atoms with Crippen molar-refractivity contribution < 1.29 is 9.84 Å². The van der Waals surface area contributed by atoms with E-state index in [1.165, 1.54) is 5.56 Å². The van der Waals surface area contributed by atoms with E-state index in [4.69, 9.17) is 4.74 Å². The molecule has 0 saturated heterocycles. The summed E-state index contributed by atoms with van der Waals surface area (Å²) in [6, 6.07) is 13.7.